The van der Waals surface area contributed by atoms with Crippen LogP contribution in [0.4, 0.5) is 0 Å². The van der Waals surface area contributed by atoms with E-state index in [9.17, 15) is 4.79 Å². The van der Waals surface area contributed by atoms with Crippen LogP contribution in [0.5, 0.6) is 0 Å². The molecule has 0 radical (unpaired) electrons. The minimum atomic E-state index is 0.0275. The van der Waals surface area contributed by atoms with Crippen LogP contribution in [0.1, 0.15) is 66.2 Å². The maximum Gasteiger partial charge on any atom is 0.120 e. The summed E-state index contributed by atoms with van der Waals surface area (Å²) in [4.78, 5) is 10.3. The molecular formula is C17H28O2. The van der Waals surface area contributed by atoms with Crippen molar-refractivity contribution in [1.29, 1.82) is 0 Å². The van der Waals surface area contributed by atoms with Gasteiger partial charge >= 0.3 is 0 Å². The molecule has 1 aliphatic rings. The Bertz CT molecular complexity index is 350. The molecule has 0 aromatic heterocycles. The van der Waals surface area contributed by atoms with Crippen molar-refractivity contribution in [3.63, 3.8) is 0 Å². The van der Waals surface area contributed by atoms with Gasteiger partial charge in [0.05, 0.1) is 11.7 Å². The third-order valence-corrected chi connectivity index (χ3v) is 3.81. The van der Waals surface area contributed by atoms with Crippen LogP contribution in [0.15, 0.2) is 23.3 Å². The summed E-state index contributed by atoms with van der Waals surface area (Å²) in [5.74, 6) is 0. The van der Waals surface area contributed by atoms with E-state index in [-0.39, 0.29) is 5.60 Å². The van der Waals surface area contributed by atoms with Gasteiger partial charge in [-0.15, -0.1) is 0 Å². The molecule has 1 heterocycles. The highest BCUT2D eigenvalue weighted by Crippen LogP contribution is 2.42. The van der Waals surface area contributed by atoms with Crippen molar-refractivity contribution in [2.75, 3.05) is 0 Å². The molecular weight excluding hydrogens is 236 g/mol. The number of carbonyl (C=O) groups excluding carboxylic acids is 1. The summed E-state index contributed by atoms with van der Waals surface area (Å²) in [6.45, 7) is 8.65. The van der Waals surface area contributed by atoms with E-state index in [1.165, 1.54) is 11.1 Å². The topological polar surface area (TPSA) is 29.6 Å². The lowest BCUT2D eigenvalue weighted by Crippen LogP contribution is -2.09. The minimum absolute atomic E-state index is 0.0275. The van der Waals surface area contributed by atoms with Crippen molar-refractivity contribution in [1.82, 2.24) is 0 Å². The second-order valence-corrected chi connectivity index (χ2v) is 6.07. The highest BCUT2D eigenvalue weighted by Gasteiger charge is 2.50. The average Bonchev–Trinajstić information content (AvgIpc) is 2.97. The number of aldehydes is 1. The summed E-state index contributed by atoms with van der Waals surface area (Å²) >= 11 is 0. The summed E-state index contributed by atoms with van der Waals surface area (Å²) in [5.41, 5.74) is 2.88. The molecule has 108 valence electrons. The van der Waals surface area contributed by atoms with Gasteiger partial charge in [0.25, 0.3) is 0 Å². The number of hydrogen-bond acceptors (Lipinski definition) is 2. The van der Waals surface area contributed by atoms with Crippen molar-refractivity contribution in [2.45, 2.75) is 77.9 Å². The van der Waals surface area contributed by atoms with Crippen LogP contribution >= 0.6 is 0 Å². The van der Waals surface area contributed by atoms with Crippen LogP contribution in [0.25, 0.3) is 0 Å². The second-order valence-electron chi connectivity index (χ2n) is 6.07. The average molecular weight is 264 g/mol. The van der Waals surface area contributed by atoms with E-state index >= 15 is 0 Å². The summed E-state index contributed by atoms with van der Waals surface area (Å²) in [6, 6.07) is 0. The minimum Gasteiger partial charge on any atom is -0.366 e. The molecule has 0 unspecified atom stereocenters. The van der Waals surface area contributed by atoms with E-state index in [0.717, 1.165) is 38.4 Å². The van der Waals surface area contributed by atoms with Crippen LogP contribution in [0.3, 0.4) is 0 Å². The normalized spacial score (nSPS) is 26.1. The molecule has 0 spiro atoms. The first-order valence-electron chi connectivity index (χ1n) is 7.38. The first-order valence-corrected chi connectivity index (χ1v) is 7.38. The Hall–Kier alpha value is -0.890. The monoisotopic (exact) mass is 264 g/mol. The molecule has 1 saturated heterocycles. The Balaban J connectivity index is 2.19. The van der Waals surface area contributed by atoms with Gasteiger partial charge in [0.1, 0.15) is 6.29 Å². The number of ether oxygens (including phenoxy) is 1. The Morgan fingerprint density at radius 1 is 1.16 bits per heavy atom. The van der Waals surface area contributed by atoms with E-state index in [2.05, 4.69) is 39.8 Å². The molecule has 0 aromatic rings. The van der Waals surface area contributed by atoms with E-state index in [4.69, 9.17) is 4.74 Å². The zero-order valence-electron chi connectivity index (χ0n) is 12.9. The molecule has 1 fully saturated rings. The summed E-state index contributed by atoms with van der Waals surface area (Å²) in [6.07, 6.45) is 11.8. The predicted molar refractivity (Wildman–Crippen MR) is 80.2 cm³/mol. The lowest BCUT2D eigenvalue weighted by molar-refractivity contribution is -0.108. The largest absolute Gasteiger partial charge is 0.366 e. The van der Waals surface area contributed by atoms with Crippen LogP contribution in [0, 0.1) is 0 Å². The summed E-state index contributed by atoms with van der Waals surface area (Å²) in [7, 11) is 0. The zero-order valence-corrected chi connectivity index (χ0v) is 12.9. The first kappa shape index (κ1) is 16.2. The van der Waals surface area contributed by atoms with Gasteiger partial charge < -0.3 is 9.53 Å². The van der Waals surface area contributed by atoms with E-state index in [0.29, 0.717) is 12.5 Å². The molecule has 0 amide bonds. The fraction of sp³-hybridized carbons (Fsp3) is 0.706. The summed E-state index contributed by atoms with van der Waals surface area (Å²) < 4.78 is 5.70. The Morgan fingerprint density at radius 3 is 2.53 bits per heavy atom. The number of carbonyl (C=O) groups is 1. The molecule has 2 nitrogen and oxygen atoms in total. The predicted octanol–water partition coefficient (Wildman–Crippen LogP) is 4.60. The van der Waals surface area contributed by atoms with Crippen molar-refractivity contribution in [3.8, 4) is 0 Å². The molecule has 0 saturated carbocycles. The second kappa shape index (κ2) is 7.64. The quantitative estimate of drug-likeness (QED) is 0.346. The summed E-state index contributed by atoms with van der Waals surface area (Å²) in [5, 5.41) is 0. The Morgan fingerprint density at radius 2 is 1.89 bits per heavy atom. The number of hydrogen-bond donors (Lipinski definition) is 0. The van der Waals surface area contributed by atoms with Crippen LogP contribution in [-0.2, 0) is 9.53 Å². The molecule has 1 rings (SSSR count). The van der Waals surface area contributed by atoms with Crippen LogP contribution in [-0.4, -0.2) is 18.0 Å². The molecule has 19 heavy (non-hydrogen) atoms. The smallest absolute Gasteiger partial charge is 0.120 e. The molecule has 0 bridgehead atoms. The van der Waals surface area contributed by atoms with Gasteiger partial charge in [-0.1, -0.05) is 23.3 Å². The van der Waals surface area contributed by atoms with E-state index in [1.54, 1.807) is 0 Å². The van der Waals surface area contributed by atoms with Gasteiger partial charge in [0.15, 0.2) is 0 Å². The van der Waals surface area contributed by atoms with E-state index < -0.39 is 0 Å². The van der Waals surface area contributed by atoms with Crippen LogP contribution < -0.4 is 0 Å². The van der Waals surface area contributed by atoms with Gasteiger partial charge in [-0.05, 0) is 59.8 Å². The fourth-order valence-electron chi connectivity index (χ4n) is 2.39. The van der Waals surface area contributed by atoms with Gasteiger partial charge in [-0.25, -0.2) is 0 Å². The van der Waals surface area contributed by atoms with Gasteiger partial charge in [0, 0.05) is 6.42 Å². The molecule has 1 aliphatic heterocycles. The Kier molecular flexibility index (Phi) is 6.50. The fourth-order valence-corrected chi connectivity index (χ4v) is 2.39. The SMILES string of the molecule is CC(C)=CCC/C(C)=C/CC[C@@]1(C)O[C@@H]1CCC=O. The van der Waals surface area contributed by atoms with E-state index in [1.807, 2.05) is 0 Å². The van der Waals surface area contributed by atoms with Gasteiger partial charge in [-0.2, -0.15) is 0 Å². The van der Waals surface area contributed by atoms with Crippen molar-refractivity contribution in [3.05, 3.63) is 23.3 Å². The lowest BCUT2D eigenvalue weighted by atomic mass is 9.97. The highest BCUT2D eigenvalue weighted by atomic mass is 16.6. The maximum atomic E-state index is 10.3. The van der Waals surface area contributed by atoms with Crippen LogP contribution in [0.2, 0.25) is 0 Å². The van der Waals surface area contributed by atoms with Crippen molar-refractivity contribution < 1.29 is 9.53 Å². The van der Waals surface area contributed by atoms with Crippen molar-refractivity contribution >= 4 is 6.29 Å². The first-order chi connectivity index (χ1) is 8.98. The standard InChI is InChI=1S/C17H28O2/c1-14(2)8-5-9-15(3)10-6-12-17(4)16(19-17)11-7-13-18/h8,10,13,16H,5-7,9,11-12H2,1-4H3/b15-10+/t16-,17-/m1/s1. The van der Waals surface area contributed by atoms with Crippen molar-refractivity contribution in [2.24, 2.45) is 0 Å². The molecule has 0 N–H and O–H groups in total. The third kappa shape index (κ3) is 6.20. The maximum absolute atomic E-state index is 10.3. The lowest BCUT2D eigenvalue weighted by Gasteiger charge is -2.04. The molecule has 2 atom stereocenters. The third-order valence-electron chi connectivity index (χ3n) is 3.81. The number of rotatable bonds is 9. The highest BCUT2D eigenvalue weighted by molar-refractivity contribution is 5.49. The molecule has 0 aromatic carbocycles. The van der Waals surface area contributed by atoms with Gasteiger partial charge in [-0.3, -0.25) is 0 Å². The number of allylic oxidation sites excluding steroid dienone is 4. The zero-order chi connectivity index (χ0) is 14.3. The number of epoxide rings is 1. The molecule has 0 aliphatic carbocycles. The Labute approximate surface area is 117 Å². The van der Waals surface area contributed by atoms with Gasteiger partial charge in [0.2, 0.25) is 0 Å². The molecule has 2 heteroatoms.